The van der Waals surface area contributed by atoms with Crippen LogP contribution in [0.4, 0.5) is 5.69 Å². The van der Waals surface area contributed by atoms with Gasteiger partial charge in [-0.1, -0.05) is 42.3 Å². The molecule has 1 aromatic carbocycles. The Balaban J connectivity index is 2.39. The maximum Gasteiger partial charge on any atom is 0.350 e. The second-order valence-corrected chi connectivity index (χ2v) is 7.28. The van der Waals surface area contributed by atoms with E-state index in [1.54, 1.807) is 32.2 Å². The van der Waals surface area contributed by atoms with Crippen LogP contribution in [0.2, 0.25) is 10.0 Å². The number of rotatable bonds is 10. The first-order valence-corrected chi connectivity index (χ1v) is 10.0. The number of amides is 1. The first-order valence-electron chi connectivity index (χ1n) is 9.29. The van der Waals surface area contributed by atoms with E-state index in [0.29, 0.717) is 28.6 Å². The van der Waals surface area contributed by atoms with Crippen LogP contribution < -0.4 is 11.0 Å². The Morgan fingerprint density at radius 3 is 2.57 bits per heavy atom. The SMILES string of the molecule is C=CCON(CC=C)C(=O)C(CC)Nc1cc(-n2nc(C)n(C)c2=O)c(Cl)cc1Cl. The molecule has 162 valence electrons. The van der Waals surface area contributed by atoms with Gasteiger partial charge in [0.25, 0.3) is 5.91 Å². The third-order valence-corrected chi connectivity index (χ3v) is 5.00. The minimum atomic E-state index is -0.636. The molecule has 2 aromatic rings. The van der Waals surface area contributed by atoms with Crippen LogP contribution in [0.3, 0.4) is 0 Å². The third kappa shape index (κ3) is 5.13. The Hall–Kier alpha value is -2.55. The van der Waals surface area contributed by atoms with Gasteiger partial charge < -0.3 is 5.32 Å². The number of halogens is 2. The van der Waals surface area contributed by atoms with Crippen molar-refractivity contribution in [2.45, 2.75) is 26.3 Å². The predicted octanol–water partition coefficient (Wildman–Crippen LogP) is 3.51. The van der Waals surface area contributed by atoms with Crippen molar-refractivity contribution in [3.8, 4) is 5.69 Å². The van der Waals surface area contributed by atoms with Gasteiger partial charge in [-0.25, -0.2) is 9.86 Å². The highest BCUT2D eigenvalue weighted by Crippen LogP contribution is 2.31. The lowest BCUT2D eigenvalue weighted by atomic mass is 10.1. The van der Waals surface area contributed by atoms with Crippen LogP contribution in [0, 0.1) is 6.92 Å². The van der Waals surface area contributed by atoms with Crippen molar-refractivity contribution in [1.82, 2.24) is 19.4 Å². The molecule has 0 saturated heterocycles. The largest absolute Gasteiger partial charge is 0.372 e. The Bertz CT molecular complexity index is 999. The summed E-state index contributed by atoms with van der Waals surface area (Å²) in [5.41, 5.74) is 0.444. The highest BCUT2D eigenvalue weighted by atomic mass is 35.5. The molecule has 0 radical (unpaired) electrons. The van der Waals surface area contributed by atoms with Crippen molar-refractivity contribution >= 4 is 34.8 Å². The van der Waals surface area contributed by atoms with E-state index in [0.717, 1.165) is 0 Å². The molecule has 0 aliphatic heterocycles. The van der Waals surface area contributed by atoms with Crippen molar-refractivity contribution in [2.24, 2.45) is 7.05 Å². The van der Waals surface area contributed by atoms with Gasteiger partial charge in [0.05, 0.1) is 34.6 Å². The molecule has 1 aromatic heterocycles. The number of nitrogens with one attached hydrogen (secondary N) is 1. The highest BCUT2D eigenvalue weighted by molar-refractivity contribution is 6.37. The number of aromatic nitrogens is 3. The van der Waals surface area contributed by atoms with E-state index < -0.39 is 6.04 Å². The fraction of sp³-hybridized carbons (Fsp3) is 0.350. The molecule has 8 nitrogen and oxygen atoms in total. The van der Waals surface area contributed by atoms with Crippen LogP contribution in [-0.2, 0) is 16.7 Å². The average molecular weight is 454 g/mol. The van der Waals surface area contributed by atoms with Crippen molar-refractivity contribution in [1.29, 1.82) is 0 Å². The van der Waals surface area contributed by atoms with Gasteiger partial charge in [0.1, 0.15) is 11.9 Å². The Kier molecular flexibility index (Phi) is 8.28. The summed E-state index contributed by atoms with van der Waals surface area (Å²) in [7, 11) is 1.62. The van der Waals surface area contributed by atoms with Crippen LogP contribution in [0.1, 0.15) is 19.2 Å². The number of anilines is 1. The minimum absolute atomic E-state index is 0.184. The fourth-order valence-electron chi connectivity index (χ4n) is 2.67. The molecule has 0 saturated carbocycles. The Labute approximate surface area is 185 Å². The number of hydrogen-bond donors (Lipinski definition) is 1. The molecule has 1 atom stereocenters. The molecular weight excluding hydrogens is 429 g/mol. The first-order chi connectivity index (χ1) is 14.2. The van der Waals surface area contributed by atoms with Gasteiger partial charge in [-0.05, 0) is 25.5 Å². The smallest absolute Gasteiger partial charge is 0.350 e. The second-order valence-electron chi connectivity index (χ2n) is 6.46. The van der Waals surface area contributed by atoms with Crippen molar-refractivity contribution in [2.75, 3.05) is 18.5 Å². The van der Waals surface area contributed by atoms with Crippen LogP contribution in [-0.4, -0.2) is 44.5 Å². The van der Waals surface area contributed by atoms with Gasteiger partial charge in [-0.2, -0.15) is 9.78 Å². The maximum absolute atomic E-state index is 12.9. The minimum Gasteiger partial charge on any atom is -0.372 e. The topological polar surface area (TPSA) is 81.4 Å². The van der Waals surface area contributed by atoms with Gasteiger partial charge in [0, 0.05) is 7.05 Å². The number of aryl methyl sites for hydroxylation is 1. The van der Waals surface area contributed by atoms with Gasteiger partial charge >= 0.3 is 5.69 Å². The van der Waals surface area contributed by atoms with E-state index in [1.807, 2.05) is 6.92 Å². The van der Waals surface area contributed by atoms with E-state index in [1.165, 1.54) is 20.4 Å². The lowest BCUT2D eigenvalue weighted by Crippen LogP contribution is -2.43. The van der Waals surface area contributed by atoms with E-state index in [4.69, 9.17) is 28.0 Å². The summed E-state index contributed by atoms with van der Waals surface area (Å²) in [5, 5.41) is 9.12. The molecule has 10 heteroatoms. The molecule has 2 rings (SSSR count). The third-order valence-electron chi connectivity index (χ3n) is 4.39. The number of carbonyl (C=O) groups excluding carboxylic acids is 1. The molecule has 0 fully saturated rings. The van der Waals surface area contributed by atoms with E-state index in [2.05, 4.69) is 23.6 Å². The summed E-state index contributed by atoms with van der Waals surface area (Å²) < 4.78 is 2.60. The zero-order valence-corrected chi connectivity index (χ0v) is 18.7. The molecule has 0 spiro atoms. The molecule has 1 unspecified atom stereocenters. The summed E-state index contributed by atoms with van der Waals surface area (Å²) in [6, 6.07) is 2.46. The molecule has 1 heterocycles. The molecule has 0 bridgehead atoms. The number of nitrogens with zero attached hydrogens (tertiary/aromatic N) is 4. The molecule has 1 N–H and O–H groups in total. The number of hydroxylamine groups is 2. The highest BCUT2D eigenvalue weighted by Gasteiger charge is 2.24. The zero-order valence-electron chi connectivity index (χ0n) is 17.2. The quantitative estimate of drug-likeness (QED) is 0.439. The standard InChI is InChI=1S/C20H25Cl2N5O3/c1-6-9-26(30-10-7-2)19(28)16(8-3)23-17-12-18(15(22)11-14(17)21)27-20(29)25(5)13(4)24-27/h6-7,11-12,16,23H,1-2,8-10H2,3-5H3. The number of carbonyl (C=O) groups is 1. The van der Waals surface area contributed by atoms with E-state index in [-0.39, 0.29) is 29.8 Å². The van der Waals surface area contributed by atoms with Crippen molar-refractivity contribution in [3.63, 3.8) is 0 Å². The Morgan fingerprint density at radius 2 is 2.03 bits per heavy atom. The molecular formula is C20H25Cl2N5O3. The molecule has 0 aliphatic carbocycles. The summed E-state index contributed by atoms with van der Waals surface area (Å²) in [5.74, 6) is 0.235. The maximum atomic E-state index is 12.9. The normalized spacial score (nSPS) is 11.8. The summed E-state index contributed by atoms with van der Waals surface area (Å²) in [6.07, 6.45) is 3.57. The summed E-state index contributed by atoms with van der Waals surface area (Å²) >= 11 is 12.7. The van der Waals surface area contributed by atoms with Crippen LogP contribution >= 0.6 is 23.2 Å². The van der Waals surface area contributed by atoms with E-state index in [9.17, 15) is 9.59 Å². The summed E-state index contributed by atoms with van der Waals surface area (Å²) in [6.45, 7) is 11.2. The second kappa shape index (κ2) is 10.5. The average Bonchev–Trinajstić information content (AvgIpc) is 2.97. The van der Waals surface area contributed by atoms with Gasteiger partial charge in [-0.15, -0.1) is 13.2 Å². The molecule has 30 heavy (non-hydrogen) atoms. The number of benzene rings is 1. The molecule has 0 aliphatic rings. The fourth-order valence-corrected chi connectivity index (χ4v) is 3.19. The van der Waals surface area contributed by atoms with Crippen LogP contribution in [0.15, 0.2) is 42.2 Å². The van der Waals surface area contributed by atoms with E-state index >= 15 is 0 Å². The predicted molar refractivity (Wildman–Crippen MR) is 119 cm³/mol. The first kappa shape index (κ1) is 23.7. The van der Waals surface area contributed by atoms with Crippen molar-refractivity contribution < 1.29 is 9.63 Å². The van der Waals surface area contributed by atoms with Crippen LogP contribution in [0.5, 0.6) is 0 Å². The lowest BCUT2D eigenvalue weighted by molar-refractivity contribution is -0.180. The number of hydrogen-bond acceptors (Lipinski definition) is 5. The monoisotopic (exact) mass is 453 g/mol. The van der Waals surface area contributed by atoms with Gasteiger partial charge in [-0.3, -0.25) is 14.2 Å². The summed E-state index contributed by atoms with van der Waals surface area (Å²) in [4.78, 5) is 30.8. The molecule has 1 amide bonds. The van der Waals surface area contributed by atoms with Crippen molar-refractivity contribution in [3.05, 3.63) is 63.8 Å². The van der Waals surface area contributed by atoms with Gasteiger partial charge in [0.15, 0.2) is 0 Å². The van der Waals surface area contributed by atoms with Crippen LogP contribution in [0.25, 0.3) is 5.69 Å². The van der Waals surface area contributed by atoms with Gasteiger partial charge in [0.2, 0.25) is 0 Å². The lowest BCUT2D eigenvalue weighted by Gasteiger charge is -2.26. The zero-order chi connectivity index (χ0) is 22.4. The Morgan fingerprint density at radius 1 is 1.33 bits per heavy atom.